The van der Waals surface area contributed by atoms with Crippen molar-refractivity contribution in [1.29, 1.82) is 0 Å². The highest BCUT2D eigenvalue weighted by molar-refractivity contribution is 5.98. The van der Waals surface area contributed by atoms with E-state index in [0.717, 1.165) is 49.4 Å². The number of aliphatic hydroxyl groups is 1. The average molecular weight is 406 g/mol. The fraction of sp³-hybridized carbons (Fsp3) is 0.423. The van der Waals surface area contributed by atoms with E-state index in [2.05, 4.69) is 28.9 Å². The summed E-state index contributed by atoms with van der Waals surface area (Å²) in [5.74, 6) is 6.99. The minimum Gasteiger partial charge on any atom is -0.491 e. The van der Waals surface area contributed by atoms with Crippen LogP contribution in [-0.2, 0) is 6.54 Å². The number of Topliss-reactive ketones (excluding diaryl/α,β-unsaturated/α-hetero) is 1. The van der Waals surface area contributed by atoms with Crippen molar-refractivity contribution < 1.29 is 14.6 Å². The molecular formula is C26H31NO3. The molecule has 1 saturated heterocycles. The molecule has 1 unspecified atom stereocenters. The predicted octanol–water partition coefficient (Wildman–Crippen LogP) is 4.30. The number of ether oxygens (including phenoxy) is 1. The van der Waals surface area contributed by atoms with E-state index < -0.39 is 0 Å². The first kappa shape index (κ1) is 22.1. The van der Waals surface area contributed by atoms with E-state index in [1.54, 1.807) is 0 Å². The summed E-state index contributed by atoms with van der Waals surface area (Å²) in [6.07, 6.45) is 2.55. The third kappa shape index (κ3) is 6.45. The van der Waals surface area contributed by atoms with Gasteiger partial charge >= 0.3 is 0 Å². The van der Waals surface area contributed by atoms with Crippen molar-refractivity contribution in [3.63, 3.8) is 0 Å². The Hall–Kier alpha value is -2.61. The van der Waals surface area contributed by atoms with Crippen LogP contribution in [0.4, 0.5) is 0 Å². The number of ketones is 1. The van der Waals surface area contributed by atoms with Gasteiger partial charge in [-0.05, 0) is 63.1 Å². The Morgan fingerprint density at radius 2 is 2.03 bits per heavy atom. The molecule has 0 aliphatic carbocycles. The van der Waals surface area contributed by atoms with Crippen LogP contribution in [0.3, 0.4) is 0 Å². The number of hydrogen-bond donors (Lipinski definition) is 1. The van der Waals surface area contributed by atoms with E-state index in [1.807, 2.05) is 50.2 Å². The summed E-state index contributed by atoms with van der Waals surface area (Å²) in [7, 11) is 0. The number of piperidine rings is 1. The van der Waals surface area contributed by atoms with E-state index in [0.29, 0.717) is 6.42 Å². The number of carbonyl (C=O) groups is 1. The first-order valence-corrected chi connectivity index (χ1v) is 10.8. The first-order chi connectivity index (χ1) is 14.5. The fourth-order valence-corrected chi connectivity index (χ4v) is 3.82. The Labute approximate surface area is 179 Å². The van der Waals surface area contributed by atoms with Gasteiger partial charge in [-0.1, -0.05) is 36.1 Å². The van der Waals surface area contributed by atoms with Crippen LogP contribution in [0.1, 0.15) is 54.6 Å². The molecule has 1 atom stereocenters. The van der Waals surface area contributed by atoms with E-state index in [4.69, 9.17) is 9.84 Å². The zero-order valence-electron chi connectivity index (χ0n) is 17.9. The summed E-state index contributed by atoms with van der Waals surface area (Å²) in [6, 6.07) is 15.8. The molecule has 1 aliphatic heterocycles. The van der Waals surface area contributed by atoms with Crippen molar-refractivity contribution in [3.8, 4) is 17.6 Å². The third-order valence-corrected chi connectivity index (χ3v) is 5.20. The number of aliphatic hydroxyl groups excluding tert-OH is 1. The fourth-order valence-electron chi connectivity index (χ4n) is 3.82. The molecule has 4 heteroatoms. The lowest BCUT2D eigenvalue weighted by atomic mass is 9.89. The van der Waals surface area contributed by atoms with E-state index >= 15 is 0 Å². The molecule has 0 bridgehead atoms. The molecular weight excluding hydrogens is 374 g/mol. The smallest absolute Gasteiger partial charge is 0.167 e. The highest BCUT2D eigenvalue weighted by Gasteiger charge is 2.26. The van der Waals surface area contributed by atoms with Gasteiger partial charge in [0.15, 0.2) is 5.78 Å². The third-order valence-electron chi connectivity index (χ3n) is 5.20. The lowest BCUT2D eigenvalue weighted by Crippen LogP contribution is -2.38. The molecule has 2 aromatic rings. The van der Waals surface area contributed by atoms with Gasteiger partial charge in [0.25, 0.3) is 0 Å². The van der Waals surface area contributed by atoms with Crippen molar-refractivity contribution in [2.24, 2.45) is 5.92 Å². The van der Waals surface area contributed by atoms with Gasteiger partial charge in [-0.3, -0.25) is 9.69 Å². The van der Waals surface area contributed by atoms with Gasteiger partial charge in [-0.2, -0.15) is 0 Å². The zero-order valence-corrected chi connectivity index (χ0v) is 17.9. The van der Waals surface area contributed by atoms with Crippen LogP contribution in [0.15, 0.2) is 48.5 Å². The summed E-state index contributed by atoms with van der Waals surface area (Å²) < 4.78 is 5.75. The van der Waals surface area contributed by atoms with Gasteiger partial charge in [0.05, 0.1) is 12.7 Å². The summed E-state index contributed by atoms with van der Waals surface area (Å²) in [6.45, 7) is 6.70. The van der Waals surface area contributed by atoms with Crippen LogP contribution in [0.5, 0.6) is 5.75 Å². The molecule has 158 valence electrons. The first-order valence-electron chi connectivity index (χ1n) is 10.8. The zero-order chi connectivity index (χ0) is 21.3. The summed E-state index contributed by atoms with van der Waals surface area (Å²) in [4.78, 5) is 15.5. The number of hydrogen-bond acceptors (Lipinski definition) is 4. The minimum atomic E-state index is 0.0247. The van der Waals surface area contributed by atoms with Gasteiger partial charge in [-0.15, -0.1) is 0 Å². The molecule has 0 saturated carbocycles. The molecule has 30 heavy (non-hydrogen) atoms. The van der Waals surface area contributed by atoms with Crippen molar-refractivity contribution in [2.45, 2.75) is 45.8 Å². The average Bonchev–Trinajstić information content (AvgIpc) is 2.74. The van der Waals surface area contributed by atoms with Crippen molar-refractivity contribution in [2.75, 3.05) is 19.7 Å². The maximum atomic E-state index is 13.1. The number of likely N-dealkylation sites (tertiary alicyclic amines) is 1. The highest BCUT2D eigenvalue weighted by atomic mass is 16.5. The molecule has 4 nitrogen and oxygen atoms in total. The van der Waals surface area contributed by atoms with Crippen LogP contribution in [0.25, 0.3) is 0 Å². The Morgan fingerprint density at radius 1 is 1.23 bits per heavy atom. The molecule has 2 aromatic carbocycles. The van der Waals surface area contributed by atoms with E-state index in [9.17, 15) is 4.79 Å². The second-order valence-corrected chi connectivity index (χ2v) is 8.11. The lowest BCUT2D eigenvalue weighted by molar-refractivity contribution is 0.0811. The molecule has 1 heterocycles. The summed E-state index contributed by atoms with van der Waals surface area (Å²) in [5, 5.41) is 8.81. The quantitative estimate of drug-likeness (QED) is 0.551. The Balaban J connectivity index is 1.60. The molecule has 0 radical (unpaired) electrons. The second kappa shape index (κ2) is 11.0. The predicted molar refractivity (Wildman–Crippen MR) is 120 cm³/mol. The van der Waals surface area contributed by atoms with Gasteiger partial charge in [0.1, 0.15) is 5.75 Å². The molecule has 1 aliphatic rings. The topological polar surface area (TPSA) is 49.8 Å². The summed E-state index contributed by atoms with van der Waals surface area (Å²) in [5.41, 5.74) is 2.93. The van der Waals surface area contributed by atoms with E-state index in [1.165, 1.54) is 5.56 Å². The van der Waals surface area contributed by atoms with Crippen LogP contribution in [-0.4, -0.2) is 41.6 Å². The molecule has 0 amide bonds. The normalized spacial score (nSPS) is 16.7. The number of carbonyl (C=O) groups excluding carboxylic acids is 1. The van der Waals surface area contributed by atoms with Crippen molar-refractivity contribution >= 4 is 5.78 Å². The second-order valence-electron chi connectivity index (χ2n) is 8.11. The Kier molecular flexibility index (Phi) is 8.07. The van der Waals surface area contributed by atoms with Crippen LogP contribution in [0, 0.1) is 17.8 Å². The van der Waals surface area contributed by atoms with Gasteiger partial charge < -0.3 is 9.84 Å². The highest BCUT2D eigenvalue weighted by Crippen LogP contribution is 2.24. The monoisotopic (exact) mass is 405 g/mol. The Morgan fingerprint density at radius 3 is 2.77 bits per heavy atom. The van der Waals surface area contributed by atoms with Gasteiger partial charge in [0, 0.05) is 36.6 Å². The van der Waals surface area contributed by atoms with Crippen molar-refractivity contribution in [3.05, 3.63) is 65.2 Å². The molecule has 1 N–H and O–H groups in total. The largest absolute Gasteiger partial charge is 0.491 e. The van der Waals surface area contributed by atoms with Crippen LogP contribution >= 0.6 is 0 Å². The maximum absolute atomic E-state index is 13.1. The SMILES string of the molecule is CC(C)Oc1cccc(C(=O)C2CCCN(Cc3ccc(C#CCCO)cc3)C2)c1. The van der Waals surface area contributed by atoms with Crippen LogP contribution in [0.2, 0.25) is 0 Å². The number of nitrogens with zero attached hydrogens (tertiary/aromatic N) is 1. The maximum Gasteiger partial charge on any atom is 0.167 e. The molecule has 1 fully saturated rings. The standard InChI is InChI=1S/C26H31NO3/c1-20(2)30-25-10-5-8-23(17-25)26(29)24-9-6-15-27(19-24)18-22-13-11-21(12-14-22)7-3-4-16-28/h5,8,10-14,17,20,24,28H,4,6,9,15-16,18-19H2,1-2H3. The van der Waals surface area contributed by atoms with Crippen LogP contribution < -0.4 is 4.74 Å². The number of rotatable bonds is 7. The van der Waals surface area contributed by atoms with Gasteiger partial charge in [0.2, 0.25) is 0 Å². The summed E-state index contributed by atoms with van der Waals surface area (Å²) >= 11 is 0. The molecule has 3 rings (SSSR count). The van der Waals surface area contributed by atoms with Gasteiger partial charge in [-0.25, -0.2) is 0 Å². The van der Waals surface area contributed by atoms with Crippen molar-refractivity contribution in [1.82, 2.24) is 4.90 Å². The molecule has 0 spiro atoms. The lowest BCUT2D eigenvalue weighted by Gasteiger charge is -2.32. The number of benzene rings is 2. The van der Waals surface area contributed by atoms with E-state index in [-0.39, 0.29) is 24.4 Å². The molecule has 0 aromatic heterocycles. The Bertz CT molecular complexity index is 892. The minimum absolute atomic E-state index is 0.0247.